The Labute approximate surface area is 118 Å². The number of para-hydroxylation sites is 2. The van der Waals surface area contributed by atoms with Crippen LogP contribution in [0.4, 0.5) is 15.8 Å². The molecule has 0 aliphatic heterocycles. The largest absolute Gasteiger partial charge is 0.372 e. The average Bonchev–Trinajstić information content (AvgIpc) is 2.49. The van der Waals surface area contributed by atoms with Crippen LogP contribution in [0.1, 0.15) is 6.92 Å². The first kappa shape index (κ1) is 14.1. The number of halogens is 1. The summed E-state index contributed by atoms with van der Waals surface area (Å²) in [5.74, 6) is -0.492. The number of nitrogens with one attached hydrogen (secondary N) is 1. The van der Waals surface area contributed by atoms with Crippen LogP contribution in [0.2, 0.25) is 0 Å². The first-order chi connectivity index (χ1) is 9.59. The van der Waals surface area contributed by atoms with Crippen molar-refractivity contribution in [3.05, 3.63) is 60.4 Å². The monoisotopic (exact) mass is 272 g/mol. The van der Waals surface area contributed by atoms with Crippen molar-refractivity contribution in [3.8, 4) is 0 Å². The van der Waals surface area contributed by atoms with Crippen LogP contribution in [0.15, 0.2) is 54.6 Å². The Morgan fingerprint density at radius 1 is 1.10 bits per heavy atom. The van der Waals surface area contributed by atoms with E-state index in [0.29, 0.717) is 5.69 Å². The molecule has 3 nitrogen and oxygen atoms in total. The molecule has 1 N–H and O–H groups in total. The van der Waals surface area contributed by atoms with Gasteiger partial charge in [-0.3, -0.25) is 4.79 Å². The molecule has 1 atom stereocenters. The molecule has 1 amide bonds. The number of rotatable bonds is 4. The molecule has 0 fully saturated rings. The second-order valence-corrected chi connectivity index (χ2v) is 4.58. The van der Waals surface area contributed by atoms with Crippen molar-refractivity contribution in [1.82, 2.24) is 0 Å². The Morgan fingerprint density at radius 2 is 1.70 bits per heavy atom. The topological polar surface area (TPSA) is 32.3 Å². The summed E-state index contributed by atoms with van der Waals surface area (Å²) in [4.78, 5) is 13.9. The summed E-state index contributed by atoms with van der Waals surface area (Å²) in [7, 11) is 1.71. The Bertz CT molecular complexity index is 586. The van der Waals surface area contributed by atoms with Gasteiger partial charge in [-0.1, -0.05) is 30.3 Å². The minimum absolute atomic E-state index is 0.126. The number of likely N-dealkylation sites (N-methyl/N-ethyl adjacent to an activating group) is 1. The van der Waals surface area contributed by atoms with Gasteiger partial charge in [-0.2, -0.15) is 0 Å². The summed E-state index contributed by atoms with van der Waals surface area (Å²) in [5, 5.41) is 2.89. The van der Waals surface area contributed by atoms with E-state index in [1.165, 1.54) is 6.07 Å². The molecule has 0 aromatic heterocycles. The molecular formula is C16H17FN2O. The molecular weight excluding hydrogens is 255 g/mol. The van der Waals surface area contributed by atoms with Crippen molar-refractivity contribution < 1.29 is 9.18 Å². The third-order valence-electron chi connectivity index (χ3n) is 3.09. The predicted molar refractivity (Wildman–Crippen MR) is 79.3 cm³/mol. The van der Waals surface area contributed by atoms with Crippen LogP contribution in [-0.2, 0) is 4.79 Å². The molecule has 2 rings (SSSR count). The van der Waals surface area contributed by atoms with Crippen molar-refractivity contribution in [3.63, 3.8) is 0 Å². The lowest BCUT2D eigenvalue weighted by Gasteiger charge is -2.23. The van der Waals surface area contributed by atoms with Crippen molar-refractivity contribution in [2.24, 2.45) is 0 Å². The zero-order chi connectivity index (χ0) is 14.5. The summed E-state index contributed by atoms with van der Waals surface area (Å²) in [6, 6.07) is 15.1. The van der Waals surface area contributed by atoms with Gasteiger partial charge < -0.3 is 10.2 Å². The van der Waals surface area contributed by atoms with Crippen LogP contribution in [0, 0.1) is 5.82 Å². The van der Waals surface area contributed by atoms with Crippen LogP contribution < -0.4 is 10.2 Å². The normalized spacial score (nSPS) is 11.8. The number of amides is 1. The molecule has 0 spiro atoms. The van der Waals surface area contributed by atoms with E-state index in [0.717, 1.165) is 5.69 Å². The Hall–Kier alpha value is -2.36. The molecule has 104 valence electrons. The molecule has 0 aliphatic rings. The van der Waals surface area contributed by atoms with Gasteiger partial charge in [0.2, 0.25) is 5.91 Å². The zero-order valence-electron chi connectivity index (χ0n) is 11.5. The molecule has 0 saturated carbocycles. The predicted octanol–water partition coefficient (Wildman–Crippen LogP) is 3.29. The minimum atomic E-state index is -0.517. The summed E-state index contributed by atoms with van der Waals surface area (Å²) in [5.41, 5.74) is 1.13. The van der Waals surface area contributed by atoms with Crippen LogP contribution in [0.5, 0.6) is 0 Å². The molecule has 2 aromatic rings. The fraction of sp³-hybridized carbons (Fsp3) is 0.188. The number of hydrogen-bond acceptors (Lipinski definition) is 2. The zero-order valence-corrected chi connectivity index (χ0v) is 11.5. The molecule has 0 saturated heterocycles. The van der Waals surface area contributed by atoms with E-state index in [4.69, 9.17) is 0 Å². The molecule has 4 heteroatoms. The number of carbonyl (C=O) groups is 1. The lowest BCUT2D eigenvalue weighted by molar-refractivity contribution is -0.118. The lowest BCUT2D eigenvalue weighted by Crippen LogP contribution is -2.39. The van der Waals surface area contributed by atoms with Gasteiger partial charge in [-0.15, -0.1) is 0 Å². The highest BCUT2D eigenvalue weighted by Gasteiger charge is 2.19. The van der Waals surface area contributed by atoms with Gasteiger partial charge >= 0.3 is 0 Å². The van der Waals surface area contributed by atoms with Crippen molar-refractivity contribution in [2.75, 3.05) is 17.3 Å². The highest BCUT2D eigenvalue weighted by atomic mass is 19.1. The number of anilines is 2. The first-order valence-corrected chi connectivity index (χ1v) is 6.43. The van der Waals surface area contributed by atoms with Gasteiger partial charge in [0.1, 0.15) is 11.9 Å². The highest BCUT2D eigenvalue weighted by molar-refractivity contribution is 5.98. The minimum Gasteiger partial charge on any atom is -0.372 e. The van der Waals surface area contributed by atoms with Gasteiger partial charge in [0.15, 0.2) is 0 Å². The maximum absolute atomic E-state index is 13.6. The molecule has 0 aliphatic carbocycles. The number of carbonyl (C=O) groups excluding carboxylic acids is 1. The second-order valence-electron chi connectivity index (χ2n) is 4.58. The summed E-state index contributed by atoms with van der Waals surface area (Å²) >= 11 is 0. The fourth-order valence-electron chi connectivity index (χ4n) is 1.94. The van der Waals surface area contributed by atoms with Crippen LogP contribution >= 0.6 is 0 Å². The van der Waals surface area contributed by atoms with Gasteiger partial charge in [0.25, 0.3) is 0 Å². The summed E-state index contributed by atoms with van der Waals surface area (Å²) in [6.45, 7) is 1.72. The van der Waals surface area contributed by atoms with E-state index < -0.39 is 6.04 Å². The van der Waals surface area contributed by atoms with Crippen molar-refractivity contribution in [2.45, 2.75) is 13.0 Å². The van der Waals surface area contributed by atoms with Crippen LogP contribution in [0.25, 0.3) is 0 Å². The van der Waals surface area contributed by atoms with Crippen molar-refractivity contribution in [1.29, 1.82) is 0 Å². The molecule has 1 unspecified atom stereocenters. The van der Waals surface area contributed by atoms with E-state index in [2.05, 4.69) is 5.32 Å². The molecule has 20 heavy (non-hydrogen) atoms. The van der Waals surface area contributed by atoms with Crippen molar-refractivity contribution >= 4 is 17.3 Å². The average molecular weight is 272 g/mol. The van der Waals surface area contributed by atoms with E-state index in [-0.39, 0.29) is 11.7 Å². The molecule has 2 aromatic carbocycles. The lowest BCUT2D eigenvalue weighted by atomic mass is 10.2. The third-order valence-corrected chi connectivity index (χ3v) is 3.09. The number of nitrogens with zero attached hydrogens (tertiary/aromatic N) is 1. The number of benzene rings is 2. The molecule has 0 bridgehead atoms. The van der Waals surface area contributed by atoms with E-state index in [1.54, 1.807) is 37.1 Å². The van der Waals surface area contributed by atoms with E-state index in [1.807, 2.05) is 30.3 Å². The molecule has 0 radical (unpaired) electrons. The quantitative estimate of drug-likeness (QED) is 0.926. The Kier molecular flexibility index (Phi) is 4.35. The summed E-state index contributed by atoms with van der Waals surface area (Å²) in [6.07, 6.45) is 0. The van der Waals surface area contributed by atoms with E-state index in [9.17, 15) is 9.18 Å². The molecule has 0 heterocycles. The Balaban J connectivity index is 2.08. The maximum Gasteiger partial charge on any atom is 0.248 e. The van der Waals surface area contributed by atoms with Gasteiger partial charge in [-0.25, -0.2) is 4.39 Å². The van der Waals surface area contributed by atoms with Gasteiger partial charge in [-0.05, 0) is 31.2 Å². The maximum atomic E-state index is 13.6. The number of hydrogen-bond donors (Lipinski definition) is 1. The highest BCUT2D eigenvalue weighted by Crippen LogP contribution is 2.16. The Morgan fingerprint density at radius 3 is 2.35 bits per heavy atom. The SMILES string of the molecule is CC(Nc1ccccc1F)C(=O)N(C)c1ccccc1. The first-order valence-electron chi connectivity index (χ1n) is 6.43. The summed E-state index contributed by atoms with van der Waals surface area (Å²) < 4.78 is 13.6. The van der Waals surface area contributed by atoms with Gasteiger partial charge in [0.05, 0.1) is 5.69 Å². The van der Waals surface area contributed by atoms with E-state index >= 15 is 0 Å². The smallest absolute Gasteiger partial charge is 0.248 e. The standard InChI is InChI=1S/C16H17FN2O/c1-12(18-15-11-7-6-10-14(15)17)16(20)19(2)13-8-4-3-5-9-13/h3-12,18H,1-2H3. The van der Waals surface area contributed by atoms with Crippen LogP contribution in [-0.4, -0.2) is 19.0 Å². The van der Waals surface area contributed by atoms with Gasteiger partial charge in [0, 0.05) is 12.7 Å². The van der Waals surface area contributed by atoms with Crippen LogP contribution in [0.3, 0.4) is 0 Å². The third kappa shape index (κ3) is 3.15. The fourth-order valence-corrected chi connectivity index (χ4v) is 1.94. The second kappa shape index (κ2) is 6.19.